The van der Waals surface area contributed by atoms with E-state index < -0.39 is 0 Å². The van der Waals surface area contributed by atoms with Crippen molar-refractivity contribution in [1.82, 2.24) is 10.2 Å². The lowest BCUT2D eigenvalue weighted by atomic mass is 9.88. The summed E-state index contributed by atoms with van der Waals surface area (Å²) in [6.45, 7) is 12.6. The summed E-state index contributed by atoms with van der Waals surface area (Å²) in [5.41, 5.74) is 1.46. The highest BCUT2D eigenvalue weighted by atomic mass is 16.2. The predicted octanol–water partition coefficient (Wildman–Crippen LogP) is 3.69. The van der Waals surface area contributed by atoms with Crippen LogP contribution in [-0.4, -0.2) is 48.4 Å². The highest BCUT2D eigenvalue weighted by Gasteiger charge is 2.33. The Labute approximate surface area is 169 Å². The maximum atomic E-state index is 12.6. The molecule has 2 saturated heterocycles. The number of rotatable bonds is 5. The summed E-state index contributed by atoms with van der Waals surface area (Å²) < 4.78 is 0. The third-order valence-corrected chi connectivity index (χ3v) is 6.17. The molecule has 2 aliphatic heterocycles. The minimum absolute atomic E-state index is 0.0531. The van der Waals surface area contributed by atoms with E-state index in [0.29, 0.717) is 30.4 Å². The lowest BCUT2D eigenvalue weighted by Gasteiger charge is -2.45. The van der Waals surface area contributed by atoms with Crippen molar-refractivity contribution in [3.05, 3.63) is 29.8 Å². The summed E-state index contributed by atoms with van der Waals surface area (Å²) in [7, 11) is 0. The van der Waals surface area contributed by atoms with Crippen molar-refractivity contribution in [3.8, 4) is 0 Å². The molecule has 1 aromatic carbocycles. The third-order valence-electron chi connectivity index (χ3n) is 6.17. The average Bonchev–Trinajstić information content (AvgIpc) is 2.66. The Morgan fingerprint density at radius 1 is 1.11 bits per heavy atom. The highest BCUT2D eigenvalue weighted by Crippen LogP contribution is 2.27. The van der Waals surface area contributed by atoms with Gasteiger partial charge in [-0.1, -0.05) is 13.8 Å². The van der Waals surface area contributed by atoms with Gasteiger partial charge in [-0.2, -0.15) is 0 Å². The molecule has 28 heavy (non-hydrogen) atoms. The van der Waals surface area contributed by atoms with E-state index in [9.17, 15) is 9.59 Å². The van der Waals surface area contributed by atoms with Crippen molar-refractivity contribution in [2.24, 2.45) is 11.8 Å². The summed E-state index contributed by atoms with van der Waals surface area (Å²) in [4.78, 5) is 29.0. The average molecular weight is 386 g/mol. The highest BCUT2D eigenvalue weighted by molar-refractivity contribution is 5.97. The van der Waals surface area contributed by atoms with E-state index in [1.54, 1.807) is 0 Å². The number of likely N-dealkylation sites (tertiary alicyclic amines) is 1. The number of amides is 2. The minimum Gasteiger partial charge on any atom is -0.350 e. The number of nitrogens with one attached hydrogen (secondary N) is 1. The van der Waals surface area contributed by atoms with Crippen LogP contribution >= 0.6 is 0 Å². The molecule has 0 aliphatic carbocycles. The standard InChI is InChI=1S/C23H35N3O2/c1-17-13-18(2)15-25(14-17)23(3,4)16-24-22(28)19-8-10-20(11-9-19)26-12-6-5-7-21(26)27/h8-11,17-18H,5-7,12-16H2,1-4H3,(H,24,28). The summed E-state index contributed by atoms with van der Waals surface area (Å²) in [6, 6.07) is 7.42. The monoisotopic (exact) mass is 385 g/mol. The Balaban J connectivity index is 1.57. The van der Waals surface area contributed by atoms with Crippen molar-refractivity contribution >= 4 is 17.5 Å². The molecule has 0 radical (unpaired) electrons. The van der Waals surface area contributed by atoms with E-state index >= 15 is 0 Å². The molecule has 3 rings (SSSR count). The quantitative estimate of drug-likeness (QED) is 0.841. The van der Waals surface area contributed by atoms with Gasteiger partial charge in [0.1, 0.15) is 0 Å². The van der Waals surface area contributed by atoms with Crippen molar-refractivity contribution in [2.75, 3.05) is 31.1 Å². The summed E-state index contributed by atoms with van der Waals surface area (Å²) in [5, 5.41) is 3.11. The number of carbonyl (C=O) groups is 2. The van der Waals surface area contributed by atoms with E-state index in [1.165, 1.54) is 6.42 Å². The van der Waals surface area contributed by atoms with Crippen LogP contribution in [0.4, 0.5) is 5.69 Å². The molecule has 5 nitrogen and oxygen atoms in total. The van der Waals surface area contributed by atoms with Crippen LogP contribution in [0.1, 0.15) is 63.7 Å². The predicted molar refractivity (Wildman–Crippen MR) is 114 cm³/mol. The lowest BCUT2D eigenvalue weighted by Crippen LogP contribution is -2.56. The third kappa shape index (κ3) is 4.93. The number of anilines is 1. The molecule has 1 N–H and O–H groups in total. The number of benzene rings is 1. The topological polar surface area (TPSA) is 52.7 Å². The molecule has 1 aromatic rings. The van der Waals surface area contributed by atoms with Crippen molar-refractivity contribution in [1.29, 1.82) is 0 Å². The Kier molecular flexibility index (Phi) is 6.43. The fourth-order valence-corrected chi connectivity index (χ4v) is 4.54. The molecule has 2 aliphatic rings. The fourth-order valence-electron chi connectivity index (χ4n) is 4.54. The summed E-state index contributed by atoms with van der Waals surface area (Å²) >= 11 is 0. The lowest BCUT2D eigenvalue weighted by molar-refractivity contribution is -0.119. The smallest absolute Gasteiger partial charge is 0.251 e. The van der Waals surface area contributed by atoms with E-state index in [1.807, 2.05) is 29.2 Å². The molecule has 5 heteroatoms. The Bertz CT molecular complexity index is 688. The normalized spacial score (nSPS) is 24.3. The number of carbonyl (C=O) groups excluding carboxylic acids is 2. The molecule has 0 spiro atoms. The van der Waals surface area contributed by atoms with Crippen LogP contribution in [0.15, 0.2) is 24.3 Å². The van der Waals surface area contributed by atoms with E-state index in [4.69, 9.17) is 0 Å². The van der Waals surface area contributed by atoms with Crippen molar-refractivity contribution < 1.29 is 9.59 Å². The van der Waals surface area contributed by atoms with Gasteiger partial charge in [0.15, 0.2) is 0 Å². The molecule has 0 saturated carbocycles. The van der Waals surface area contributed by atoms with E-state index in [2.05, 4.69) is 37.9 Å². The van der Waals surface area contributed by atoms with Crippen molar-refractivity contribution in [2.45, 2.75) is 58.9 Å². The van der Waals surface area contributed by atoms with Crippen LogP contribution in [0.2, 0.25) is 0 Å². The Morgan fingerprint density at radius 3 is 2.36 bits per heavy atom. The second kappa shape index (κ2) is 8.64. The van der Waals surface area contributed by atoms with Crippen LogP contribution < -0.4 is 10.2 Å². The second-order valence-electron chi connectivity index (χ2n) is 9.40. The molecule has 2 heterocycles. The maximum absolute atomic E-state index is 12.6. The van der Waals surface area contributed by atoms with Crippen LogP contribution in [0.25, 0.3) is 0 Å². The first-order valence-corrected chi connectivity index (χ1v) is 10.7. The zero-order chi connectivity index (χ0) is 20.3. The SMILES string of the molecule is CC1CC(C)CN(C(C)(C)CNC(=O)c2ccc(N3CCCCC3=O)cc2)C1. The molecule has 2 atom stereocenters. The number of piperidine rings is 2. The van der Waals surface area contributed by atoms with Gasteiger partial charge in [-0.3, -0.25) is 14.5 Å². The summed E-state index contributed by atoms with van der Waals surface area (Å²) in [6.07, 6.45) is 3.91. The molecule has 2 amide bonds. The van der Waals surface area contributed by atoms with E-state index in [0.717, 1.165) is 38.2 Å². The first kappa shape index (κ1) is 20.8. The van der Waals surface area contributed by atoms with Gasteiger partial charge < -0.3 is 10.2 Å². The summed E-state index contributed by atoms with van der Waals surface area (Å²) in [5.74, 6) is 1.52. The molecular formula is C23H35N3O2. The van der Waals surface area contributed by atoms with Crippen LogP contribution in [0.3, 0.4) is 0 Å². The molecule has 2 fully saturated rings. The minimum atomic E-state index is -0.0707. The van der Waals surface area contributed by atoms with Gasteiger partial charge in [0.05, 0.1) is 0 Å². The Morgan fingerprint density at radius 2 is 1.75 bits per heavy atom. The van der Waals surface area contributed by atoms with Gasteiger partial charge in [-0.05, 0) is 69.2 Å². The fraction of sp³-hybridized carbons (Fsp3) is 0.652. The first-order chi connectivity index (χ1) is 13.3. The molecule has 0 bridgehead atoms. The number of hydrogen-bond donors (Lipinski definition) is 1. The van der Waals surface area contributed by atoms with E-state index in [-0.39, 0.29) is 17.4 Å². The zero-order valence-corrected chi connectivity index (χ0v) is 17.8. The van der Waals surface area contributed by atoms with Crippen LogP contribution in [-0.2, 0) is 4.79 Å². The van der Waals surface area contributed by atoms with Gasteiger partial charge in [-0.25, -0.2) is 0 Å². The zero-order valence-electron chi connectivity index (χ0n) is 17.8. The molecule has 0 aromatic heterocycles. The van der Waals surface area contributed by atoms with Crippen molar-refractivity contribution in [3.63, 3.8) is 0 Å². The molecular weight excluding hydrogens is 350 g/mol. The largest absolute Gasteiger partial charge is 0.350 e. The van der Waals surface area contributed by atoms with Gasteiger partial charge in [0, 0.05) is 49.4 Å². The second-order valence-corrected chi connectivity index (χ2v) is 9.40. The molecule has 2 unspecified atom stereocenters. The number of hydrogen-bond acceptors (Lipinski definition) is 3. The van der Waals surface area contributed by atoms with Gasteiger partial charge in [0.2, 0.25) is 5.91 Å². The van der Waals surface area contributed by atoms with Gasteiger partial charge in [-0.15, -0.1) is 0 Å². The van der Waals surface area contributed by atoms with Crippen LogP contribution in [0, 0.1) is 11.8 Å². The first-order valence-electron chi connectivity index (χ1n) is 10.7. The van der Waals surface area contributed by atoms with Crippen LogP contribution in [0.5, 0.6) is 0 Å². The van der Waals surface area contributed by atoms with Gasteiger partial charge in [0.25, 0.3) is 5.91 Å². The Hall–Kier alpha value is -1.88. The maximum Gasteiger partial charge on any atom is 0.251 e. The molecule has 154 valence electrons. The van der Waals surface area contributed by atoms with Gasteiger partial charge >= 0.3 is 0 Å². The number of nitrogens with zero attached hydrogens (tertiary/aromatic N) is 2.